The number of hydrogen-bond acceptors (Lipinski definition) is 4. The third-order valence-electron chi connectivity index (χ3n) is 3.47. The first kappa shape index (κ1) is 20.2. The summed E-state index contributed by atoms with van der Waals surface area (Å²) in [4.78, 5) is 11.9. The first-order valence-corrected chi connectivity index (χ1v) is 8.58. The van der Waals surface area contributed by atoms with Gasteiger partial charge < -0.3 is 25.1 Å². The predicted molar refractivity (Wildman–Crippen MR) is 106 cm³/mol. The Balaban J connectivity index is 1.55. The fourth-order valence-electron chi connectivity index (χ4n) is 2.30. The van der Waals surface area contributed by atoms with Gasteiger partial charge in [-0.25, -0.2) is 0 Å². The summed E-state index contributed by atoms with van der Waals surface area (Å²) < 4.78 is 45.8. The van der Waals surface area contributed by atoms with Gasteiger partial charge in [0.25, 0.3) is 5.91 Å². The molecule has 2 aromatic carbocycles. The minimum absolute atomic E-state index is 0.168. The monoisotopic (exact) mass is 421 g/mol. The molecule has 10 heteroatoms. The number of alkyl halides is 3. The van der Waals surface area contributed by atoms with Crippen molar-refractivity contribution >= 4 is 40.3 Å². The molecular formula is C19H14F3N3O3S. The SMILES string of the molecule is O=C(Nc1ccc(NC(=S)Nc2cccc(OC(F)(F)F)c2)cc1)c1ccco1. The quantitative estimate of drug-likeness (QED) is 0.489. The Bertz CT molecular complexity index is 990. The van der Waals surface area contributed by atoms with E-state index in [1.165, 1.54) is 24.5 Å². The third-order valence-corrected chi connectivity index (χ3v) is 3.68. The Morgan fingerprint density at radius 1 is 0.897 bits per heavy atom. The summed E-state index contributed by atoms with van der Waals surface area (Å²) in [6.07, 6.45) is -3.37. The molecule has 29 heavy (non-hydrogen) atoms. The molecule has 3 aromatic rings. The van der Waals surface area contributed by atoms with E-state index in [4.69, 9.17) is 16.6 Å². The van der Waals surface area contributed by atoms with E-state index in [0.717, 1.165) is 0 Å². The van der Waals surface area contributed by atoms with Gasteiger partial charge in [-0.1, -0.05) is 6.07 Å². The van der Waals surface area contributed by atoms with E-state index >= 15 is 0 Å². The second kappa shape index (κ2) is 8.65. The molecule has 0 saturated heterocycles. The number of carbonyl (C=O) groups is 1. The minimum Gasteiger partial charge on any atom is -0.459 e. The van der Waals surface area contributed by atoms with Gasteiger partial charge in [-0.05, 0) is 60.7 Å². The second-order valence-corrected chi connectivity index (χ2v) is 6.07. The molecule has 150 valence electrons. The van der Waals surface area contributed by atoms with Crippen LogP contribution < -0.4 is 20.7 Å². The van der Waals surface area contributed by atoms with E-state index in [1.54, 1.807) is 42.5 Å². The lowest BCUT2D eigenvalue weighted by Gasteiger charge is -2.13. The average Bonchev–Trinajstić information content (AvgIpc) is 3.17. The van der Waals surface area contributed by atoms with Crippen LogP contribution in [0.3, 0.4) is 0 Å². The van der Waals surface area contributed by atoms with Crippen LogP contribution in [0, 0.1) is 0 Å². The minimum atomic E-state index is -4.77. The third kappa shape index (κ3) is 6.25. The number of furan rings is 1. The van der Waals surface area contributed by atoms with Gasteiger partial charge >= 0.3 is 6.36 Å². The smallest absolute Gasteiger partial charge is 0.459 e. The van der Waals surface area contributed by atoms with Crippen LogP contribution in [0.2, 0.25) is 0 Å². The van der Waals surface area contributed by atoms with Gasteiger partial charge in [0, 0.05) is 23.1 Å². The molecule has 0 saturated carbocycles. The highest BCUT2D eigenvalue weighted by atomic mass is 32.1. The summed E-state index contributed by atoms with van der Waals surface area (Å²) in [5, 5.41) is 8.51. The molecule has 0 unspecified atom stereocenters. The van der Waals surface area contributed by atoms with Gasteiger partial charge in [0.15, 0.2) is 10.9 Å². The predicted octanol–water partition coefficient (Wildman–Crippen LogP) is 5.24. The summed E-state index contributed by atoms with van der Waals surface area (Å²) in [7, 11) is 0. The van der Waals surface area contributed by atoms with Crippen molar-refractivity contribution in [1.82, 2.24) is 0 Å². The average molecular weight is 421 g/mol. The van der Waals surface area contributed by atoms with Crippen LogP contribution in [-0.4, -0.2) is 17.4 Å². The van der Waals surface area contributed by atoms with Gasteiger partial charge in [-0.2, -0.15) is 0 Å². The number of amides is 1. The highest BCUT2D eigenvalue weighted by Gasteiger charge is 2.31. The fraction of sp³-hybridized carbons (Fsp3) is 0.0526. The molecule has 1 amide bonds. The number of anilines is 3. The summed E-state index contributed by atoms with van der Waals surface area (Å²) in [5.74, 6) is -0.551. The molecule has 0 bridgehead atoms. The van der Waals surface area contributed by atoms with Gasteiger partial charge in [0.1, 0.15) is 5.75 Å². The van der Waals surface area contributed by atoms with E-state index in [9.17, 15) is 18.0 Å². The Labute approximate surface area is 168 Å². The topological polar surface area (TPSA) is 75.5 Å². The number of benzene rings is 2. The molecule has 3 N–H and O–H groups in total. The zero-order chi connectivity index (χ0) is 20.9. The molecule has 0 atom stereocenters. The lowest BCUT2D eigenvalue weighted by Crippen LogP contribution is -2.20. The van der Waals surface area contributed by atoms with Gasteiger partial charge in [0.2, 0.25) is 0 Å². The Morgan fingerprint density at radius 2 is 1.55 bits per heavy atom. The van der Waals surface area contributed by atoms with Crippen molar-refractivity contribution in [2.24, 2.45) is 0 Å². The highest BCUT2D eigenvalue weighted by molar-refractivity contribution is 7.80. The van der Waals surface area contributed by atoms with Crippen LogP contribution in [0.4, 0.5) is 30.2 Å². The van der Waals surface area contributed by atoms with Crippen molar-refractivity contribution in [2.45, 2.75) is 6.36 Å². The van der Waals surface area contributed by atoms with E-state index < -0.39 is 6.36 Å². The molecule has 6 nitrogen and oxygen atoms in total. The highest BCUT2D eigenvalue weighted by Crippen LogP contribution is 2.25. The first-order valence-electron chi connectivity index (χ1n) is 8.17. The molecule has 0 spiro atoms. The number of thiocarbonyl (C=S) groups is 1. The van der Waals surface area contributed by atoms with E-state index in [1.807, 2.05) is 0 Å². The molecule has 1 heterocycles. The molecule has 0 aliphatic carbocycles. The van der Waals surface area contributed by atoms with Crippen LogP contribution in [0.25, 0.3) is 0 Å². The zero-order valence-electron chi connectivity index (χ0n) is 14.6. The van der Waals surface area contributed by atoms with E-state index in [-0.39, 0.29) is 22.5 Å². The van der Waals surface area contributed by atoms with Crippen molar-refractivity contribution in [3.8, 4) is 5.75 Å². The number of halogens is 3. The molecule has 0 aliphatic rings. The second-order valence-electron chi connectivity index (χ2n) is 5.66. The van der Waals surface area contributed by atoms with Crippen LogP contribution in [0.15, 0.2) is 71.3 Å². The summed E-state index contributed by atoms with van der Waals surface area (Å²) in [6.45, 7) is 0. The number of carbonyl (C=O) groups excluding carboxylic acids is 1. The van der Waals surface area contributed by atoms with Crippen molar-refractivity contribution < 1.29 is 27.1 Å². The fourth-order valence-corrected chi connectivity index (χ4v) is 2.54. The van der Waals surface area contributed by atoms with Gasteiger partial charge in [-0.15, -0.1) is 13.2 Å². The van der Waals surface area contributed by atoms with Crippen molar-refractivity contribution in [3.63, 3.8) is 0 Å². The van der Waals surface area contributed by atoms with Gasteiger partial charge in [-0.3, -0.25) is 4.79 Å². The van der Waals surface area contributed by atoms with Crippen molar-refractivity contribution in [1.29, 1.82) is 0 Å². The Kier molecular flexibility index (Phi) is 6.03. The van der Waals surface area contributed by atoms with Gasteiger partial charge in [0.05, 0.1) is 6.26 Å². The standard InChI is InChI=1S/C19H14F3N3O3S/c20-19(21,22)28-15-4-1-3-14(11-15)25-18(29)24-13-8-6-12(7-9-13)23-17(26)16-5-2-10-27-16/h1-11H,(H,23,26)(H2,24,25,29). The molecule has 1 aromatic heterocycles. The number of ether oxygens (including phenoxy) is 1. The van der Waals surface area contributed by atoms with Crippen molar-refractivity contribution in [2.75, 3.05) is 16.0 Å². The zero-order valence-corrected chi connectivity index (χ0v) is 15.4. The molecule has 0 fully saturated rings. The molecule has 0 aliphatic heterocycles. The van der Waals surface area contributed by atoms with E-state index in [0.29, 0.717) is 17.1 Å². The summed E-state index contributed by atoms with van der Waals surface area (Å²) in [5.41, 5.74) is 1.49. The normalized spacial score (nSPS) is 10.9. The number of nitrogens with one attached hydrogen (secondary N) is 3. The first-order chi connectivity index (χ1) is 13.8. The lowest BCUT2D eigenvalue weighted by atomic mass is 10.2. The number of rotatable bonds is 5. The van der Waals surface area contributed by atoms with Crippen LogP contribution in [0.1, 0.15) is 10.6 Å². The summed E-state index contributed by atoms with van der Waals surface area (Å²) >= 11 is 5.16. The van der Waals surface area contributed by atoms with Crippen LogP contribution >= 0.6 is 12.2 Å². The maximum atomic E-state index is 12.3. The lowest BCUT2D eigenvalue weighted by molar-refractivity contribution is -0.274. The Hall–Kier alpha value is -3.53. The molecule has 0 radical (unpaired) electrons. The van der Waals surface area contributed by atoms with Crippen LogP contribution in [0.5, 0.6) is 5.75 Å². The summed E-state index contributed by atoms with van der Waals surface area (Å²) in [6, 6.07) is 15.1. The number of hydrogen-bond donors (Lipinski definition) is 3. The largest absolute Gasteiger partial charge is 0.573 e. The van der Waals surface area contributed by atoms with E-state index in [2.05, 4.69) is 20.7 Å². The maximum absolute atomic E-state index is 12.3. The molecular weight excluding hydrogens is 407 g/mol. The Morgan fingerprint density at radius 3 is 2.17 bits per heavy atom. The maximum Gasteiger partial charge on any atom is 0.573 e. The van der Waals surface area contributed by atoms with Crippen LogP contribution in [-0.2, 0) is 0 Å². The molecule has 3 rings (SSSR count). The van der Waals surface area contributed by atoms with Crippen molar-refractivity contribution in [3.05, 3.63) is 72.7 Å².